The lowest BCUT2D eigenvalue weighted by molar-refractivity contribution is -0.115. The summed E-state index contributed by atoms with van der Waals surface area (Å²) < 4.78 is 5.56. The Bertz CT molecular complexity index is 696. The van der Waals surface area contributed by atoms with Crippen LogP contribution in [0.4, 0.5) is 5.69 Å². The highest BCUT2D eigenvalue weighted by Gasteiger charge is 2.17. The smallest absolute Gasteiger partial charge is 0.238 e. The molecule has 0 bridgehead atoms. The number of nitrogens with one attached hydrogen (secondary N) is 2. The zero-order chi connectivity index (χ0) is 18.9. The molecule has 0 aromatic heterocycles. The summed E-state index contributed by atoms with van der Waals surface area (Å²) in [5.41, 5.74) is 3.23. The molecule has 4 nitrogen and oxygen atoms in total. The number of benzene rings is 2. The number of hydrogen-bond donors (Lipinski definition) is 2. The van der Waals surface area contributed by atoms with Gasteiger partial charge in [0.15, 0.2) is 0 Å². The Balaban J connectivity index is 1.99. The van der Waals surface area contributed by atoms with E-state index in [2.05, 4.69) is 55.7 Å². The Kier molecular flexibility index (Phi) is 7.67. The van der Waals surface area contributed by atoms with Gasteiger partial charge in [-0.25, -0.2) is 0 Å². The third-order valence-electron chi connectivity index (χ3n) is 4.36. The van der Waals surface area contributed by atoms with Crippen molar-refractivity contribution in [1.29, 1.82) is 0 Å². The molecule has 0 aliphatic carbocycles. The van der Waals surface area contributed by atoms with Crippen molar-refractivity contribution < 1.29 is 9.53 Å². The van der Waals surface area contributed by atoms with E-state index in [1.807, 2.05) is 31.2 Å². The predicted octanol–water partition coefficient (Wildman–Crippen LogP) is 4.57. The first-order chi connectivity index (χ1) is 12.5. The number of carbonyl (C=O) groups excluding carboxylic acids is 1. The minimum absolute atomic E-state index is 0.0759. The molecule has 140 valence electrons. The maximum atomic E-state index is 12.4. The molecule has 2 N–H and O–H groups in total. The zero-order valence-corrected chi connectivity index (χ0v) is 16.2. The SMILES string of the molecule is CCOc1ccccc1NC(=O)CN[C@H](c1ccc(CC)cc1)C(C)C. The van der Waals surface area contributed by atoms with Crippen molar-refractivity contribution in [1.82, 2.24) is 5.32 Å². The number of carbonyl (C=O) groups is 1. The van der Waals surface area contributed by atoms with Crippen LogP contribution in [0.3, 0.4) is 0 Å². The lowest BCUT2D eigenvalue weighted by Gasteiger charge is -2.23. The van der Waals surface area contributed by atoms with E-state index >= 15 is 0 Å². The number of amides is 1. The average molecular weight is 354 g/mol. The van der Waals surface area contributed by atoms with Gasteiger partial charge in [0.2, 0.25) is 5.91 Å². The summed E-state index contributed by atoms with van der Waals surface area (Å²) in [5.74, 6) is 0.998. The summed E-state index contributed by atoms with van der Waals surface area (Å²) in [4.78, 5) is 12.4. The van der Waals surface area contributed by atoms with Crippen LogP contribution in [0.15, 0.2) is 48.5 Å². The van der Waals surface area contributed by atoms with E-state index in [1.54, 1.807) is 0 Å². The quantitative estimate of drug-likeness (QED) is 0.693. The van der Waals surface area contributed by atoms with Crippen LogP contribution >= 0.6 is 0 Å². The maximum absolute atomic E-state index is 12.4. The average Bonchev–Trinajstić information content (AvgIpc) is 2.64. The Hall–Kier alpha value is -2.33. The van der Waals surface area contributed by atoms with Crippen molar-refractivity contribution in [2.45, 2.75) is 40.2 Å². The van der Waals surface area contributed by atoms with Gasteiger partial charge in [-0.3, -0.25) is 4.79 Å². The van der Waals surface area contributed by atoms with Gasteiger partial charge in [-0.05, 0) is 42.5 Å². The molecule has 0 aliphatic rings. The van der Waals surface area contributed by atoms with Crippen molar-refractivity contribution in [3.05, 3.63) is 59.7 Å². The Morgan fingerprint density at radius 1 is 1.04 bits per heavy atom. The number of ether oxygens (including phenoxy) is 1. The first-order valence-electron chi connectivity index (χ1n) is 9.39. The van der Waals surface area contributed by atoms with Crippen LogP contribution in [0.5, 0.6) is 5.75 Å². The van der Waals surface area contributed by atoms with E-state index in [-0.39, 0.29) is 18.5 Å². The molecule has 0 unspecified atom stereocenters. The number of rotatable bonds is 9. The summed E-state index contributed by atoms with van der Waals surface area (Å²) in [6, 6.07) is 16.2. The second kappa shape index (κ2) is 9.97. The molecule has 4 heteroatoms. The van der Waals surface area contributed by atoms with Crippen LogP contribution in [0.1, 0.15) is 44.9 Å². The molecule has 0 spiro atoms. The topological polar surface area (TPSA) is 50.4 Å². The van der Waals surface area contributed by atoms with Crippen LogP contribution in [-0.2, 0) is 11.2 Å². The lowest BCUT2D eigenvalue weighted by Crippen LogP contribution is -2.33. The van der Waals surface area contributed by atoms with Crippen LogP contribution in [0.2, 0.25) is 0 Å². The van der Waals surface area contributed by atoms with Gasteiger partial charge >= 0.3 is 0 Å². The summed E-state index contributed by atoms with van der Waals surface area (Å²) in [6.07, 6.45) is 1.03. The van der Waals surface area contributed by atoms with Gasteiger partial charge in [0.25, 0.3) is 0 Å². The largest absolute Gasteiger partial charge is 0.492 e. The number of anilines is 1. The van der Waals surface area contributed by atoms with Gasteiger partial charge in [-0.15, -0.1) is 0 Å². The van der Waals surface area contributed by atoms with Crippen molar-refractivity contribution in [2.24, 2.45) is 5.92 Å². The number of hydrogen-bond acceptors (Lipinski definition) is 3. The highest BCUT2D eigenvalue weighted by molar-refractivity contribution is 5.93. The van der Waals surface area contributed by atoms with Crippen molar-refractivity contribution in [3.63, 3.8) is 0 Å². The maximum Gasteiger partial charge on any atom is 0.238 e. The van der Waals surface area contributed by atoms with Gasteiger partial charge in [0.1, 0.15) is 5.75 Å². The zero-order valence-electron chi connectivity index (χ0n) is 16.2. The molecule has 1 atom stereocenters. The Morgan fingerprint density at radius 3 is 2.35 bits per heavy atom. The summed E-state index contributed by atoms with van der Waals surface area (Å²) in [7, 11) is 0. The minimum Gasteiger partial charge on any atom is -0.492 e. The second-order valence-electron chi connectivity index (χ2n) is 6.68. The molecule has 2 aromatic carbocycles. The molecule has 0 saturated carbocycles. The Labute approximate surface area is 157 Å². The fourth-order valence-corrected chi connectivity index (χ4v) is 2.95. The van der Waals surface area contributed by atoms with E-state index < -0.39 is 0 Å². The Morgan fingerprint density at radius 2 is 1.73 bits per heavy atom. The first kappa shape index (κ1) is 20.0. The highest BCUT2D eigenvalue weighted by atomic mass is 16.5. The van der Waals surface area contributed by atoms with Crippen LogP contribution in [0.25, 0.3) is 0 Å². The molecule has 0 fully saturated rings. The molecule has 0 radical (unpaired) electrons. The number of para-hydroxylation sites is 2. The number of aryl methyl sites for hydroxylation is 1. The van der Waals surface area contributed by atoms with E-state index in [1.165, 1.54) is 11.1 Å². The summed E-state index contributed by atoms with van der Waals surface area (Å²) in [5, 5.41) is 6.32. The van der Waals surface area contributed by atoms with Gasteiger partial charge in [0, 0.05) is 6.04 Å². The summed E-state index contributed by atoms with van der Waals surface area (Å²) in [6.45, 7) is 9.21. The highest BCUT2D eigenvalue weighted by Crippen LogP contribution is 2.24. The van der Waals surface area contributed by atoms with Gasteiger partial charge < -0.3 is 15.4 Å². The minimum atomic E-state index is -0.0759. The first-order valence-corrected chi connectivity index (χ1v) is 9.39. The molecule has 0 saturated heterocycles. The third kappa shape index (κ3) is 5.60. The molecule has 2 aromatic rings. The van der Waals surface area contributed by atoms with Crippen molar-refractivity contribution in [3.8, 4) is 5.75 Å². The molecule has 1 amide bonds. The molecular weight excluding hydrogens is 324 g/mol. The second-order valence-corrected chi connectivity index (χ2v) is 6.68. The lowest BCUT2D eigenvalue weighted by atomic mass is 9.95. The predicted molar refractivity (Wildman–Crippen MR) is 108 cm³/mol. The fraction of sp³-hybridized carbons (Fsp3) is 0.409. The molecule has 26 heavy (non-hydrogen) atoms. The molecule has 0 heterocycles. The van der Waals surface area contributed by atoms with E-state index in [0.717, 1.165) is 6.42 Å². The van der Waals surface area contributed by atoms with E-state index in [4.69, 9.17) is 4.74 Å². The monoisotopic (exact) mass is 354 g/mol. The molecule has 2 rings (SSSR count). The summed E-state index contributed by atoms with van der Waals surface area (Å²) >= 11 is 0. The van der Waals surface area contributed by atoms with Crippen molar-refractivity contribution >= 4 is 11.6 Å². The van der Waals surface area contributed by atoms with Crippen LogP contribution in [0, 0.1) is 5.92 Å². The van der Waals surface area contributed by atoms with Crippen LogP contribution in [-0.4, -0.2) is 19.1 Å². The van der Waals surface area contributed by atoms with E-state index in [9.17, 15) is 4.79 Å². The third-order valence-corrected chi connectivity index (χ3v) is 4.36. The standard InChI is InChI=1S/C22H30N2O2/c1-5-17-11-13-18(14-12-17)22(16(3)4)23-15-21(25)24-19-9-7-8-10-20(19)26-6-2/h7-14,16,22-23H,5-6,15H2,1-4H3,(H,24,25)/t22-/m0/s1. The van der Waals surface area contributed by atoms with Gasteiger partial charge in [0.05, 0.1) is 18.8 Å². The van der Waals surface area contributed by atoms with E-state index in [0.29, 0.717) is 24.0 Å². The van der Waals surface area contributed by atoms with Crippen LogP contribution < -0.4 is 15.4 Å². The van der Waals surface area contributed by atoms with Gasteiger partial charge in [-0.1, -0.05) is 57.2 Å². The normalized spacial score (nSPS) is 12.0. The van der Waals surface area contributed by atoms with Crippen molar-refractivity contribution in [2.75, 3.05) is 18.5 Å². The molecular formula is C22H30N2O2. The fourth-order valence-electron chi connectivity index (χ4n) is 2.95. The van der Waals surface area contributed by atoms with Gasteiger partial charge in [-0.2, -0.15) is 0 Å². The molecule has 0 aliphatic heterocycles.